The summed E-state index contributed by atoms with van der Waals surface area (Å²) in [6, 6.07) is 4.02. The fourth-order valence-corrected chi connectivity index (χ4v) is 2.19. The van der Waals surface area contributed by atoms with Crippen LogP contribution in [0.2, 0.25) is 5.02 Å². The van der Waals surface area contributed by atoms with Crippen LogP contribution < -0.4 is 5.32 Å². The first-order valence-corrected chi connectivity index (χ1v) is 5.99. The predicted molar refractivity (Wildman–Crippen MR) is 66.7 cm³/mol. The summed E-state index contributed by atoms with van der Waals surface area (Å²) in [5, 5.41) is 8.94. The zero-order valence-electron chi connectivity index (χ0n) is 8.16. The molecule has 0 aliphatic carbocycles. The maximum absolute atomic E-state index is 13.4. The number of hydrogen-bond donors (Lipinski definition) is 2. The van der Waals surface area contributed by atoms with E-state index in [4.69, 9.17) is 23.8 Å². The van der Waals surface area contributed by atoms with E-state index in [1.807, 2.05) is 0 Å². The Balaban J connectivity index is 2.29. The monoisotopic (exact) mass is 289 g/mol. The van der Waals surface area contributed by atoms with E-state index in [0.29, 0.717) is 3.95 Å². The smallest absolute Gasteiger partial charge is 0.261 e. The van der Waals surface area contributed by atoms with E-state index in [-0.39, 0.29) is 15.7 Å². The molecule has 1 heterocycles. The van der Waals surface area contributed by atoms with E-state index >= 15 is 0 Å². The molecule has 0 saturated heterocycles. The largest absolute Gasteiger partial charge is 0.296 e. The molecule has 0 radical (unpaired) electrons. The van der Waals surface area contributed by atoms with Gasteiger partial charge in [-0.1, -0.05) is 29.0 Å². The van der Waals surface area contributed by atoms with Gasteiger partial charge in [-0.2, -0.15) is 0 Å². The third kappa shape index (κ3) is 2.68. The van der Waals surface area contributed by atoms with Crippen LogP contribution in [-0.4, -0.2) is 16.1 Å². The normalized spacial score (nSPS) is 10.2. The number of benzene rings is 1. The third-order valence-electron chi connectivity index (χ3n) is 1.85. The molecule has 4 nitrogen and oxygen atoms in total. The molecule has 2 N–H and O–H groups in total. The molecule has 17 heavy (non-hydrogen) atoms. The molecule has 88 valence electrons. The highest BCUT2D eigenvalue weighted by atomic mass is 35.5. The number of carbonyl (C=O) groups excluding carboxylic acids is 1. The van der Waals surface area contributed by atoms with E-state index < -0.39 is 11.7 Å². The van der Waals surface area contributed by atoms with Gasteiger partial charge in [0, 0.05) is 0 Å². The van der Waals surface area contributed by atoms with Crippen molar-refractivity contribution in [2.45, 2.75) is 0 Å². The lowest BCUT2D eigenvalue weighted by atomic mass is 10.2. The van der Waals surface area contributed by atoms with Crippen molar-refractivity contribution in [1.82, 2.24) is 10.2 Å². The maximum atomic E-state index is 13.4. The minimum atomic E-state index is -0.686. The number of nitrogens with one attached hydrogen (secondary N) is 2. The van der Waals surface area contributed by atoms with Crippen LogP contribution in [0.3, 0.4) is 0 Å². The minimum Gasteiger partial charge on any atom is -0.296 e. The van der Waals surface area contributed by atoms with Crippen molar-refractivity contribution in [3.63, 3.8) is 0 Å². The second-order valence-corrected chi connectivity index (χ2v) is 5.04. The van der Waals surface area contributed by atoms with Gasteiger partial charge in [0.15, 0.2) is 3.95 Å². The fraction of sp³-hybridized carbons (Fsp3) is 0. The Morgan fingerprint density at radius 2 is 2.35 bits per heavy atom. The Morgan fingerprint density at radius 3 is 2.94 bits per heavy atom. The van der Waals surface area contributed by atoms with Crippen molar-refractivity contribution in [3.8, 4) is 0 Å². The highest BCUT2D eigenvalue weighted by Crippen LogP contribution is 2.21. The van der Waals surface area contributed by atoms with Crippen LogP contribution >= 0.6 is 35.2 Å². The minimum absolute atomic E-state index is 0.0432. The van der Waals surface area contributed by atoms with Crippen LogP contribution in [0.1, 0.15) is 10.4 Å². The Morgan fingerprint density at radius 1 is 1.59 bits per heavy atom. The molecule has 0 aliphatic rings. The van der Waals surface area contributed by atoms with Crippen molar-refractivity contribution >= 4 is 46.2 Å². The van der Waals surface area contributed by atoms with Gasteiger partial charge in [0.2, 0.25) is 5.13 Å². The molecular weight excluding hydrogens is 285 g/mol. The average molecular weight is 290 g/mol. The van der Waals surface area contributed by atoms with Crippen LogP contribution in [0.4, 0.5) is 9.52 Å². The van der Waals surface area contributed by atoms with Gasteiger partial charge >= 0.3 is 0 Å². The first-order valence-electron chi connectivity index (χ1n) is 4.39. The molecular formula is C9H5ClFN3OS2. The number of nitrogens with zero attached hydrogens (tertiary/aromatic N) is 1. The number of hydrogen-bond acceptors (Lipinski definition) is 4. The number of amides is 1. The average Bonchev–Trinajstić information content (AvgIpc) is 2.63. The van der Waals surface area contributed by atoms with Crippen molar-refractivity contribution in [2.75, 3.05) is 5.32 Å². The van der Waals surface area contributed by atoms with Crippen LogP contribution in [0.5, 0.6) is 0 Å². The fourth-order valence-electron chi connectivity index (χ4n) is 1.16. The summed E-state index contributed by atoms with van der Waals surface area (Å²) in [5.74, 6) is -1.35. The number of rotatable bonds is 2. The number of aromatic amines is 1. The molecule has 1 amide bonds. The molecule has 1 aromatic heterocycles. The first kappa shape index (κ1) is 12.2. The lowest BCUT2D eigenvalue weighted by Gasteiger charge is -2.04. The summed E-state index contributed by atoms with van der Waals surface area (Å²) < 4.78 is 13.8. The third-order valence-corrected chi connectivity index (χ3v) is 3.17. The number of halogens is 2. The Bertz CT molecular complexity index is 604. The Labute approximate surface area is 109 Å². The van der Waals surface area contributed by atoms with Crippen LogP contribution in [0, 0.1) is 9.77 Å². The van der Waals surface area contributed by atoms with Gasteiger partial charge in [-0.15, -0.1) is 5.10 Å². The van der Waals surface area contributed by atoms with Crippen molar-refractivity contribution in [1.29, 1.82) is 0 Å². The Kier molecular flexibility index (Phi) is 3.51. The molecule has 0 fully saturated rings. The number of H-pyrrole nitrogens is 1. The lowest BCUT2D eigenvalue weighted by molar-refractivity contribution is 0.102. The molecule has 1 aromatic carbocycles. The number of carbonyl (C=O) groups is 1. The maximum Gasteiger partial charge on any atom is 0.261 e. The molecule has 0 unspecified atom stereocenters. The summed E-state index contributed by atoms with van der Waals surface area (Å²) in [6.45, 7) is 0. The molecule has 0 bridgehead atoms. The van der Waals surface area contributed by atoms with Gasteiger partial charge in [-0.3, -0.25) is 15.2 Å². The predicted octanol–water partition coefficient (Wildman–Crippen LogP) is 3.25. The van der Waals surface area contributed by atoms with E-state index in [2.05, 4.69) is 15.5 Å². The molecule has 0 saturated carbocycles. The molecule has 0 aliphatic heterocycles. The standard InChI is InChI=1S/C9H5ClFN3OS2/c10-4-2-1-3-5(11)6(4)7(15)12-8-13-14-9(16)17-8/h1-3H,(H,14,16)(H,12,13,15). The van der Waals surface area contributed by atoms with Gasteiger partial charge < -0.3 is 0 Å². The van der Waals surface area contributed by atoms with Gasteiger partial charge in [0.1, 0.15) is 5.82 Å². The molecule has 0 atom stereocenters. The summed E-state index contributed by atoms with van der Waals surface area (Å²) in [7, 11) is 0. The second-order valence-electron chi connectivity index (χ2n) is 2.97. The van der Waals surface area contributed by atoms with E-state index in [9.17, 15) is 9.18 Å². The van der Waals surface area contributed by atoms with Crippen LogP contribution in [0.25, 0.3) is 0 Å². The van der Waals surface area contributed by atoms with E-state index in [1.165, 1.54) is 12.1 Å². The summed E-state index contributed by atoms with van der Waals surface area (Å²) in [4.78, 5) is 11.7. The van der Waals surface area contributed by atoms with Crippen molar-refractivity contribution in [3.05, 3.63) is 38.6 Å². The summed E-state index contributed by atoms with van der Waals surface area (Å²) >= 11 is 11.6. The van der Waals surface area contributed by atoms with Gasteiger partial charge in [0.25, 0.3) is 5.91 Å². The van der Waals surface area contributed by atoms with Gasteiger partial charge in [-0.05, 0) is 24.4 Å². The number of anilines is 1. The molecule has 2 aromatic rings. The zero-order valence-corrected chi connectivity index (χ0v) is 10.5. The highest BCUT2D eigenvalue weighted by molar-refractivity contribution is 7.73. The highest BCUT2D eigenvalue weighted by Gasteiger charge is 2.16. The first-order chi connectivity index (χ1) is 8.08. The summed E-state index contributed by atoms with van der Waals surface area (Å²) in [5.41, 5.74) is -0.213. The number of aromatic nitrogens is 2. The van der Waals surface area contributed by atoms with Crippen molar-refractivity contribution < 1.29 is 9.18 Å². The topological polar surface area (TPSA) is 57.8 Å². The summed E-state index contributed by atoms with van der Waals surface area (Å²) in [6.07, 6.45) is 0. The van der Waals surface area contributed by atoms with Gasteiger partial charge in [-0.25, -0.2) is 4.39 Å². The Hall–Kier alpha value is -1.31. The quantitative estimate of drug-likeness (QED) is 0.835. The molecule has 8 heteroatoms. The molecule has 0 spiro atoms. The zero-order chi connectivity index (χ0) is 12.4. The van der Waals surface area contributed by atoms with Crippen LogP contribution in [0.15, 0.2) is 18.2 Å². The van der Waals surface area contributed by atoms with E-state index in [0.717, 1.165) is 17.4 Å². The lowest BCUT2D eigenvalue weighted by Crippen LogP contribution is -2.14. The van der Waals surface area contributed by atoms with Gasteiger partial charge in [0.05, 0.1) is 10.6 Å². The SMILES string of the molecule is O=C(Nc1n[nH]c(=S)s1)c1c(F)cccc1Cl. The molecule has 2 rings (SSSR count). The van der Waals surface area contributed by atoms with Crippen LogP contribution in [-0.2, 0) is 0 Å². The van der Waals surface area contributed by atoms with E-state index in [1.54, 1.807) is 0 Å². The second kappa shape index (κ2) is 4.91. The van der Waals surface area contributed by atoms with Crippen molar-refractivity contribution in [2.24, 2.45) is 0 Å².